The fourth-order valence-electron chi connectivity index (χ4n) is 3.83. The van der Waals surface area contributed by atoms with Crippen molar-refractivity contribution in [1.82, 2.24) is 30.5 Å². The van der Waals surface area contributed by atoms with Gasteiger partial charge in [-0.05, 0) is 30.3 Å². The number of pyridine rings is 2. The van der Waals surface area contributed by atoms with Crippen LogP contribution in [0.15, 0.2) is 55.0 Å². The number of hydrogen-bond acceptors (Lipinski definition) is 5. The van der Waals surface area contributed by atoms with E-state index in [4.69, 9.17) is 0 Å². The summed E-state index contributed by atoms with van der Waals surface area (Å²) in [6.07, 6.45) is 5.09. The Morgan fingerprint density at radius 3 is 2.62 bits per heavy atom. The molecular formula is C25H23N7O2. The van der Waals surface area contributed by atoms with Gasteiger partial charge in [0.05, 0.1) is 17.6 Å². The van der Waals surface area contributed by atoms with Crippen LogP contribution in [0.3, 0.4) is 0 Å². The largest absolute Gasteiger partial charge is 0.355 e. The van der Waals surface area contributed by atoms with Crippen LogP contribution in [-0.4, -0.2) is 44.0 Å². The van der Waals surface area contributed by atoms with Gasteiger partial charge in [-0.2, -0.15) is 5.10 Å². The fraction of sp³-hybridized carbons (Fsp3) is 0.160. The summed E-state index contributed by atoms with van der Waals surface area (Å²) in [5, 5.41) is 14.6. The number of aromatic nitrogens is 5. The van der Waals surface area contributed by atoms with Crippen LogP contribution in [0.2, 0.25) is 0 Å². The normalized spacial score (nSPS) is 11.3. The van der Waals surface area contributed by atoms with Gasteiger partial charge in [0.15, 0.2) is 5.65 Å². The molecule has 0 aliphatic carbocycles. The second-order valence-electron chi connectivity index (χ2n) is 8.33. The average molecular weight is 454 g/mol. The van der Waals surface area contributed by atoms with E-state index in [0.29, 0.717) is 22.6 Å². The minimum absolute atomic E-state index is 0.0698. The van der Waals surface area contributed by atoms with Crippen LogP contribution in [0.4, 0.5) is 5.69 Å². The van der Waals surface area contributed by atoms with Crippen LogP contribution < -0.4 is 10.6 Å². The Kier molecular flexibility index (Phi) is 5.29. The molecule has 0 aliphatic heterocycles. The summed E-state index contributed by atoms with van der Waals surface area (Å²) in [6.45, 7) is 3.68. The number of nitrogens with one attached hydrogen (secondary N) is 4. The first-order valence-corrected chi connectivity index (χ1v) is 10.9. The van der Waals surface area contributed by atoms with E-state index in [0.717, 1.165) is 33.1 Å². The van der Waals surface area contributed by atoms with Gasteiger partial charge in [0.1, 0.15) is 5.69 Å². The molecule has 0 fully saturated rings. The average Bonchev–Trinajstić information content (AvgIpc) is 3.47. The molecule has 0 saturated carbocycles. The highest BCUT2D eigenvalue weighted by Crippen LogP contribution is 2.32. The number of H-pyrrole nitrogens is 2. The van der Waals surface area contributed by atoms with Crippen molar-refractivity contribution in [2.45, 2.75) is 13.8 Å². The standard InChI is InChI=1S/C25H23N7O2/c1-13(2)24(33)29-16-7-14(10-27-12-16)15-8-19-22(31-32-23(19)28-11-15)21-9-18-17(25(34)26-3)5-4-6-20(18)30-21/h4-13,30H,1-3H3,(H,26,34)(H,29,33)(H,28,31,32). The van der Waals surface area contributed by atoms with E-state index in [1.807, 2.05) is 44.2 Å². The molecule has 4 heterocycles. The molecule has 170 valence electrons. The van der Waals surface area contributed by atoms with E-state index in [1.54, 1.807) is 31.7 Å². The van der Waals surface area contributed by atoms with Crippen LogP contribution >= 0.6 is 0 Å². The molecule has 0 aliphatic rings. The number of hydrogen-bond donors (Lipinski definition) is 4. The number of nitrogens with zero attached hydrogens (tertiary/aromatic N) is 3. The Morgan fingerprint density at radius 2 is 1.82 bits per heavy atom. The van der Waals surface area contributed by atoms with Crippen molar-refractivity contribution in [3.8, 4) is 22.5 Å². The summed E-state index contributed by atoms with van der Waals surface area (Å²) in [5.41, 5.74) is 5.82. The third kappa shape index (κ3) is 3.77. The summed E-state index contributed by atoms with van der Waals surface area (Å²) in [5.74, 6) is -0.348. The summed E-state index contributed by atoms with van der Waals surface area (Å²) in [4.78, 5) is 36.5. The molecule has 4 aromatic heterocycles. The van der Waals surface area contributed by atoms with Crippen LogP contribution in [-0.2, 0) is 4.79 Å². The molecule has 0 radical (unpaired) electrons. The molecule has 34 heavy (non-hydrogen) atoms. The predicted octanol–water partition coefficient (Wildman–Crippen LogP) is 4.12. The zero-order chi connectivity index (χ0) is 23.8. The number of carbonyl (C=O) groups excluding carboxylic acids is 2. The van der Waals surface area contributed by atoms with Gasteiger partial charge in [0.25, 0.3) is 5.91 Å². The maximum atomic E-state index is 12.3. The van der Waals surface area contributed by atoms with Gasteiger partial charge in [-0.15, -0.1) is 0 Å². The monoisotopic (exact) mass is 453 g/mol. The minimum atomic E-state index is -0.149. The Labute approximate surface area is 195 Å². The van der Waals surface area contributed by atoms with E-state index in [2.05, 4.69) is 35.8 Å². The fourth-order valence-corrected chi connectivity index (χ4v) is 3.83. The minimum Gasteiger partial charge on any atom is -0.355 e. The van der Waals surface area contributed by atoms with Crippen molar-refractivity contribution < 1.29 is 9.59 Å². The van der Waals surface area contributed by atoms with E-state index in [-0.39, 0.29) is 17.7 Å². The van der Waals surface area contributed by atoms with Crippen molar-refractivity contribution in [2.24, 2.45) is 5.92 Å². The molecular weight excluding hydrogens is 430 g/mol. The molecule has 9 nitrogen and oxygen atoms in total. The smallest absolute Gasteiger partial charge is 0.251 e. The Bertz CT molecular complexity index is 1550. The van der Waals surface area contributed by atoms with Gasteiger partial charge in [-0.25, -0.2) is 4.98 Å². The number of amides is 2. The summed E-state index contributed by atoms with van der Waals surface area (Å²) in [6, 6.07) is 11.3. The number of rotatable bonds is 5. The molecule has 0 bridgehead atoms. The van der Waals surface area contributed by atoms with Gasteiger partial charge in [0, 0.05) is 58.3 Å². The summed E-state index contributed by atoms with van der Waals surface area (Å²) >= 11 is 0. The number of aromatic amines is 2. The first-order valence-electron chi connectivity index (χ1n) is 10.9. The molecule has 0 spiro atoms. The number of anilines is 1. The van der Waals surface area contributed by atoms with Crippen LogP contribution in [0.1, 0.15) is 24.2 Å². The highest BCUT2D eigenvalue weighted by molar-refractivity contribution is 6.08. The van der Waals surface area contributed by atoms with E-state index in [9.17, 15) is 9.59 Å². The summed E-state index contributed by atoms with van der Waals surface area (Å²) in [7, 11) is 1.61. The lowest BCUT2D eigenvalue weighted by atomic mass is 10.1. The van der Waals surface area contributed by atoms with Crippen LogP contribution in [0, 0.1) is 5.92 Å². The lowest BCUT2D eigenvalue weighted by Gasteiger charge is -2.09. The molecule has 0 saturated heterocycles. The third-order valence-electron chi connectivity index (χ3n) is 5.67. The van der Waals surface area contributed by atoms with Gasteiger partial charge >= 0.3 is 0 Å². The molecule has 4 N–H and O–H groups in total. The number of carbonyl (C=O) groups is 2. The molecule has 9 heteroatoms. The Morgan fingerprint density at radius 1 is 1.00 bits per heavy atom. The second kappa shape index (κ2) is 8.43. The van der Waals surface area contributed by atoms with Gasteiger partial charge in [0.2, 0.25) is 5.91 Å². The Balaban J connectivity index is 1.56. The molecule has 0 atom stereocenters. The molecule has 0 unspecified atom stereocenters. The maximum absolute atomic E-state index is 12.3. The topological polar surface area (TPSA) is 128 Å². The quantitative estimate of drug-likeness (QED) is 0.318. The molecule has 2 amide bonds. The van der Waals surface area contributed by atoms with Crippen molar-refractivity contribution >= 4 is 39.4 Å². The first kappa shape index (κ1) is 21.3. The molecule has 1 aromatic carbocycles. The lowest BCUT2D eigenvalue weighted by Crippen LogP contribution is -2.17. The number of fused-ring (bicyclic) bond motifs is 2. The van der Waals surface area contributed by atoms with E-state index >= 15 is 0 Å². The molecule has 5 rings (SSSR count). The lowest BCUT2D eigenvalue weighted by molar-refractivity contribution is -0.118. The number of benzene rings is 1. The van der Waals surface area contributed by atoms with Crippen LogP contribution in [0.25, 0.3) is 44.5 Å². The second-order valence-corrected chi connectivity index (χ2v) is 8.33. The zero-order valence-corrected chi connectivity index (χ0v) is 18.9. The van der Waals surface area contributed by atoms with Gasteiger partial charge < -0.3 is 15.6 Å². The molecule has 5 aromatic rings. The van der Waals surface area contributed by atoms with Gasteiger partial charge in [-0.1, -0.05) is 19.9 Å². The van der Waals surface area contributed by atoms with E-state index in [1.165, 1.54) is 0 Å². The predicted molar refractivity (Wildman–Crippen MR) is 131 cm³/mol. The highest BCUT2D eigenvalue weighted by Gasteiger charge is 2.16. The Hall–Kier alpha value is -4.53. The van der Waals surface area contributed by atoms with Gasteiger partial charge in [-0.3, -0.25) is 19.7 Å². The van der Waals surface area contributed by atoms with E-state index < -0.39 is 0 Å². The van der Waals surface area contributed by atoms with Crippen molar-refractivity contribution in [3.63, 3.8) is 0 Å². The van der Waals surface area contributed by atoms with Crippen molar-refractivity contribution in [3.05, 3.63) is 60.6 Å². The highest BCUT2D eigenvalue weighted by atomic mass is 16.2. The first-order chi connectivity index (χ1) is 16.4. The van der Waals surface area contributed by atoms with Crippen molar-refractivity contribution in [2.75, 3.05) is 12.4 Å². The SMILES string of the molecule is CNC(=O)c1cccc2[nH]c(-c3n[nH]c4ncc(-c5cncc(NC(=O)C(C)C)c5)cc34)cc12. The zero-order valence-electron chi connectivity index (χ0n) is 18.9. The van der Waals surface area contributed by atoms with Crippen molar-refractivity contribution in [1.29, 1.82) is 0 Å². The summed E-state index contributed by atoms with van der Waals surface area (Å²) < 4.78 is 0. The van der Waals surface area contributed by atoms with Crippen LogP contribution in [0.5, 0.6) is 0 Å². The third-order valence-corrected chi connectivity index (χ3v) is 5.67. The maximum Gasteiger partial charge on any atom is 0.251 e.